The number of amides is 1. The molecule has 0 aliphatic carbocycles. The molecule has 0 aliphatic rings. The molecule has 0 spiro atoms. The number of nitrogens with two attached hydrogens (primary N) is 1. The molecule has 2 rings (SSSR count). The molecule has 1 amide bonds. The summed E-state index contributed by atoms with van der Waals surface area (Å²) in [6.07, 6.45) is 0. The van der Waals surface area contributed by atoms with Crippen LogP contribution in [0.4, 0.5) is 15.8 Å². The lowest BCUT2D eigenvalue weighted by molar-refractivity contribution is 0.102. The van der Waals surface area contributed by atoms with E-state index in [1.54, 1.807) is 18.2 Å². The van der Waals surface area contributed by atoms with Crippen molar-refractivity contribution in [2.45, 2.75) is 0 Å². The largest absolute Gasteiger partial charge is 0.493 e. The summed E-state index contributed by atoms with van der Waals surface area (Å²) in [5, 5.41) is 2.67. The fraction of sp³-hybridized carbons (Fsp3) is 0.133. The average Bonchev–Trinajstić information content (AvgIpc) is 2.46. The van der Waals surface area contributed by atoms with Gasteiger partial charge in [-0.15, -0.1) is 0 Å². The summed E-state index contributed by atoms with van der Waals surface area (Å²) >= 11 is 0. The van der Waals surface area contributed by atoms with Gasteiger partial charge in [-0.05, 0) is 30.3 Å². The summed E-state index contributed by atoms with van der Waals surface area (Å²) in [6, 6.07) is 8.57. The van der Waals surface area contributed by atoms with Crippen LogP contribution in [0.5, 0.6) is 11.5 Å². The number of hydrogen-bond donors (Lipinski definition) is 2. The Labute approximate surface area is 121 Å². The summed E-state index contributed by atoms with van der Waals surface area (Å²) in [6.45, 7) is 0. The van der Waals surface area contributed by atoms with E-state index in [1.807, 2.05) is 0 Å². The Morgan fingerprint density at radius 2 is 1.81 bits per heavy atom. The second kappa shape index (κ2) is 6.13. The Hall–Kier alpha value is -2.76. The Morgan fingerprint density at radius 1 is 1.10 bits per heavy atom. The predicted molar refractivity (Wildman–Crippen MR) is 78.3 cm³/mol. The Kier molecular flexibility index (Phi) is 4.27. The van der Waals surface area contributed by atoms with Gasteiger partial charge in [0.05, 0.1) is 19.8 Å². The van der Waals surface area contributed by atoms with Crippen molar-refractivity contribution in [3.63, 3.8) is 0 Å². The van der Waals surface area contributed by atoms with Crippen molar-refractivity contribution in [3.8, 4) is 11.5 Å². The fourth-order valence-electron chi connectivity index (χ4n) is 1.85. The van der Waals surface area contributed by atoms with Gasteiger partial charge >= 0.3 is 0 Å². The number of halogens is 1. The fourth-order valence-corrected chi connectivity index (χ4v) is 1.85. The van der Waals surface area contributed by atoms with Crippen LogP contribution in [0.25, 0.3) is 0 Å². The number of carbonyl (C=O) groups excluding carboxylic acids is 1. The van der Waals surface area contributed by atoms with E-state index in [9.17, 15) is 9.18 Å². The Balaban J connectivity index is 2.23. The molecule has 110 valence electrons. The minimum Gasteiger partial charge on any atom is -0.493 e. The van der Waals surface area contributed by atoms with E-state index < -0.39 is 11.7 Å². The summed E-state index contributed by atoms with van der Waals surface area (Å²) in [5.74, 6) is 0.119. The highest BCUT2D eigenvalue weighted by Crippen LogP contribution is 2.30. The molecular weight excluding hydrogens is 275 g/mol. The molecule has 2 aromatic carbocycles. The second-order valence-electron chi connectivity index (χ2n) is 4.26. The number of methoxy groups -OCH3 is 2. The van der Waals surface area contributed by atoms with Gasteiger partial charge in [0.1, 0.15) is 5.82 Å². The van der Waals surface area contributed by atoms with E-state index in [2.05, 4.69) is 5.32 Å². The molecule has 3 N–H and O–H groups in total. The van der Waals surface area contributed by atoms with Crippen molar-refractivity contribution in [2.75, 3.05) is 25.3 Å². The van der Waals surface area contributed by atoms with Gasteiger partial charge in [0.25, 0.3) is 5.91 Å². The zero-order chi connectivity index (χ0) is 15.4. The molecule has 0 aromatic heterocycles. The van der Waals surface area contributed by atoms with Gasteiger partial charge in [-0.25, -0.2) is 4.39 Å². The molecule has 2 aromatic rings. The zero-order valence-corrected chi connectivity index (χ0v) is 11.6. The van der Waals surface area contributed by atoms with Crippen LogP contribution < -0.4 is 20.5 Å². The first kappa shape index (κ1) is 14.6. The number of benzene rings is 2. The van der Waals surface area contributed by atoms with Crippen molar-refractivity contribution in [1.29, 1.82) is 0 Å². The number of rotatable bonds is 4. The normalized spacial score (nSPS) is 10.0. The van der Waals surface area contributed by atoms with Crippen molar-refractivity contribution in [1.82, 2.24) is 0 Å². The van der Waals surface area contributed by atoms with E-state index >= 15 is 0 Å². The number of hydrogen-bond acceptors (Lipinski definition) is 4. The van der Waals surface area contributed by atoms with Crippen molar-refractivity contribution in [2.24, 2.45) is 0 Å². The first-order chi connectivity index (χ1) is 10.0. The van der Waals surface area contributed by atoms with Gasteiger partial charge in [0.2, 0.25) is 0 Å². The highest BCUT2D eigenvalue weighted by molar-refractivity contribution is 6.07. The zero-order valence-electron chi connectivity index (χ0n) is 11.6. The first-order valence-electron chi connectivity index (χ1n) is 6.13. The highest BCUT2D eigenvalue weighted by atomic mass is 19.1. The number of nitrogen functional groups attached to an aromatic ring is 1. The van der Waals surface area contributed by atoms with Crippen LogP contribution in [0.15, 0.2) is 36.4 Å². The quantitative estimate of drug-likeness (QED) is 0.849. The highest BCUT2D eigenvalue weighted by Gasteiger charge is 2.12. The number of carbonyl (C=O) groups is 1. The Morgan fingerprint density at radius 3 is 2.43 bits per heavy atom. The molecule has 5 nitrogen and oxygen atoms in total. The summed E-state index contributed by atoms with van der Waals surface area (Å²) in [4.78, 5) is 12.1. The van der Waals surface area contributed by atoms with Crippen molar-refractivity contribution < 1.29 is 18.7 Å². The maximum absolute atomic E-state index is 13.0. The van der Waals surface area contributed by atoms with Crippen LogP contribution in [0.2, 0.25) is 0 Å². The van der Waals surface area contributed by atoms with Crippen LogP contribution in [-0.4, -0.2) is 20.1 Å². The van der Waals surface area contributed by atoms with E-state index in [0.717, 1.165) is 6.07 Å². The topological polar surface area (TPSA) is 73.6 Å². The molecule has 0 atom stereocenters. The van der Waals surface area contributed by atoms with E-state index in [4.69, 9.17) is 15.2 Å². The predicted octanol–water partition coefficient (Wildman–Crippen LogP) is 2.68. The van der Waals surface area contributed by atoms with Crippen LogP contribution in [0.3, 0.4) is 0 Å². The van der Waals surface area contributed by atoms with E-state index in [1.165, 1.54) is 26.4 Å². The standard InChI is InChI=1S/C15H15FN2O3/c1-20-13-6-4-10(8-14(13)21-2)18-15(19)11-5-3-9(16)7-12(11)17/h3-8H,17H2,1-2H3,(H,18,19). The van der Waals surface area contributed by atoms with Crippen LogP contribution in [-0.2, 0) is 0 Å². The third-order valence-corrected chi connectivity index (χ3v) is 2.90. The average molecular weight is 290 g/mol. The molecule has 0 bridgehead atoms. The lowest BCUT2D eigenvalue weighted by Crippen LogP contribution is -2.14. The SMILES string of the molecule is COc1ccc(NC(=O)c2ccc(F)cc2N)cc1OC. The van der Waals surface area contributed by atoms with Gasteiger partial charge < -0.3 is 20.5 Å². The first-order valence-corrected chi connectivity index (χ1v) is 6.13. The third kappa shape index (κ3) is 3.22. The molecular formula is C15H15FN2O3. The third-order valence-electron chi connectivity index (χ3n) is 2.90. The van der Waals surface area contributed by atoms with Crippen molar-refractivity contribution >= 4 is 17.3 Å². The van der Waals surface area contributed by atoms with Gasteiger partial charge in [-0.1, -0.05) is 0 Å². The van der Waals surface area contributed by atoms with Gasteiger partial charge in [-0.2, -0.15) is 0 Å². The van der Waals surface area contributed by atoms with E-state index in [0.29, 0.717) is 17.2 Å². The molecule has 0 saturated carbocycles. The molecule has 6 heteroatoms. The van der Waals surface area contributed by atoms with Gasteiger partial charge in [0, 0.05) is 17.4 Å². The summed E-state index contributed by atoms with van der Waals surface area (Å²) in [5.41, 5.74) is 6.42. The number of nitrogens with one attached hydrogen (secondary N) is 1. The molecule has 0 unspecified atom stereocenters. The maximum Gasteiger partial charge on any atom is 0.257 e. The minimum absolute atomic E-state index is 0.0768. The smallest absolute Gasteiger partial charge is 0.257 e. The van der Waals surface area contributed by atoms with Crippen LogP contribution in [0.1, 0.15) is 10.4 Å². The van der Waals surface area contributed by atoms with Gasteiger partial charge in [0.15, 0.2) is 11.5 Å². The molecule has 0 saturated heterocycles. The Bertz CT molecular complexity index is 674. The lowest BCUT2D eigenvalue weighted by atomic mass is 10.1. The molecule has 0 aliphatic heterocycles. The van der Waals surface area contributed by atoms with Crippen LogP contribution >= 0.6 is 0 Å². The summed E-state index contributed by atoms with van der Waals surface area (Å²) < 4.78 is 23.2. The molecule has 0 radical (unpaired) electrons. The lowest BCUT2D eigenvalue weighted by Gasteiger charge is -2.11. The monoisotopic (exact) mass is 290 g/mol. The summed E-state index contributed by atoms with van der Waals surface area (Å²) in [7, 11) is 3.02. The second-order valence-corrected chi connectivity index (χ2v) is 4.26. The number of anilines is 2. The van der Waals surface area contributed by atoms with Crippen molar-refractivity contribution in [3.05, 3.63) is 47.8 Å². The number of ether oxygens (including phenoxy) is 2. The molecule has 0 fully saturated rings. The molecule has 21 heavy (non-hydrogen) atoms. The van der Waals surface area contributed by atoms with Crippen LogP contribution in [0, 0.1) is 5.82 Å². The minimum atomic E-state index is -0.491. The van der Waals surface area contributed by atoms with E-state index in [-0.39, 0.29) is 11.3 Å². The molecule has 0 heterocycles. The van der Waals surface area contributed by atoms with Gasteiger partial charge in [-0.3, -0.25) is 4.79 Å². The maximum atomic E-state index is 13.0.